The van der Waals surface area contributed by atoms with Crippen molar-refractivity contribution in [1.29, 1.82) is 0 Å². The molecule has 0 bridgehead atoms. The molecule has 25 heavy (non-hydrogen) atoms. The fraction of sp³-hybridized carbons (Fsp3) is 0.316. The summed E-state index contributed by atoms with van der Waals surface area (Å²) in [5, 5.41) is 4.81. The Morgan fingerprint density at radius 1 is 1.08 bits per heavy atom. The van der Waals surface area contributed by atoms with Gasteiger partial charge in [0.25, 0.3) is 0 Å². The van der Waals surface area contributed by atoms with Crippen LogP contribution in [-0.4, -0.2) is 26.4 Å². The molecule has 1 N–H and O–H groups in total. The summed E-state index contributed by atoms with van der Waals surface area (Å²) in [7, 11) is 2.17. The van der Waals surface area contributed by atoms with Crippen LogP contribution in [0.1, 0.15) is 18.9 Å². The van der Waals surface area contributed by atoms with Gasteiger partial charge in [0, 0.05) is 30.1 Å². The van der Waals surface area contributed by atoms with Gasteiger partial charge in [0.1, 0.15) is 6.54 Å². The summed E-state index contributed by atoms with van der Waals surface area (Å²) in [6.45, 7) is 4.70. The van der Waals surface area contributed by atoms with Crippen molar-refractivity contribution in [2.75, 3.05) is 7.05 Å². The Morgan fingerprint density at radius 2 is 1.80 bits per heavy atom. The number of hydrogen-bond acceptors (Lipinski definition) is 3. The minimum absolute atomic E-state index is 0.739. The minimum Gasteiger partial charge on any atom is -0.315 e. The number of pyridine rings is 1. The summed E-state index contributed by atoms with van der Waals surface area (Å²) in [6, 6.07) is 14.5. The minimum atomic E-state index is 0.739. The average Bonchev–Trinajstić information content (AvgIpc) is 2.93. The third kappa shape index (κ3) is 4.21. The number of benzene rings is 1. The van der Waals surface area contributed by atoms with Gasteiger partial charge in [-0.1, -0.05) is 37.3 Å². The van der Waals surface area contributed by atoms with Gasteiger partial charge in [-0.3, -0.25) is 9.55 Å². The Kier molecular flexibility index (Phi) is 5.73. The Bertz CT molecular complexity index is 855. The van der Waals surface area contributed by atoms with E-state index in [-0.39, 0.29) is 0 Å². The lowest BCUT2D eigenvalue weighted by molar-refractivity contribution is -0.917. The molecule has 3 rings (SSSR count). The number of nitrogens with one attached hydrogen (secondary N) is 1. The van der Waals surface area contributed by atoms with E-state index in [1.165, 1.54) is 10.5 Å². The van der Waals surface area contributed by atoms with E-state index in [1.807, 2.05) is 22.9 Å². The predicted molar refractivity (Wildman–Crippen MR) is 102 cm³/mol. The number of aromatic nitrogens is 4. The van der Waals surface area contributed by atoms with Gasteiger partial charge in [0.15, 0.2) is 12.5 Å². The number of rotatable bonds is 7. The molecule has 0 aliphatic carbocycles. The van der Waals surface area contributed by atoms with Crippen LogP contribution in [-0.2, 0) is 19.8 Å². The van der Waals surface area contributed by atoms with E-state index in [9.17, 15) is 0 Å². The smallest absolute Gasteiger partial charge is 0.203 e. The van der Waals surface area contributed by atoms with E-state index >= 15 is 0 Å². The number of hydrogen-bond donors (Lipinski definition) is 1. The quantitative estimate of drug-likeness (QED) is 0.663. The molecule has 0 saturated heterocycles. The molecule has 0 aliphatic heterocycles. The lowest BCUT2D eigenvalue weighted by atomic mass is 10.2. The topological polar surface area (TPSA) is 40.1 Å². The highest BCUT2D eigenvalue weighted by molar-refractivity contribution is 7.71. The first-order valence-electron chi connectivity index (χ1n) is 8.62. The SMILES string of the molecule is CCCn1c(-c2ccncc2)nn(C[NH+](C)Cc2ccccc2)c1=S. The first kappa shape index (κ1) is 17.5. The molecule has 0 fully saturated rings. The molecule has 1 atom stereocenters. The third-order valence-corrected chi connectivity index (χ3v) is 4.51. The van der Waals surface area contributed by atoms with E-state index in [0.717, 1.165) is 42.3 Å². The zero-order valence-corrected chi connectivity index (χ0v) is 15.5. The van der Waals surface area contributed by atoms with Crippen molar-refractivity contribution in [1.82, 2.24) is 19.3 Å². The normalized spacial score (nSPS) is 12.2. The number of quaternary nitrogens is 1. The second-order valence-electron chi connectivity index (χ2n) is 6.27. The van der Waals surface area contributed by atoms with Crippen LogP contribution in [0.15, 0.2) is 54.9 Å². The van der Waals surface area contributed by atoms with Crippen molar-refractivity contribution in [3.63, 3.8) is 0 Å². The first-order valence-corrected chi connectivity index (χ1v) is 9.03. The highest BCUT2D eigenvalue weighted by Gasteiger charge is 2.14. The van der Waals surface area contributed by atoms with Crippen LogP contribution < -0.4 is 4.90 Å². The second kappa shape index (κ2) is 8.18. The maximum absolute atomic E-state index is 5.70. The Balaban J connectivity index is 1.85. The van der Waals surface area contributed by atoms with Gasteiger partial charge in [0.2, 0.25) is 4.77 Å². The van der Waals surface area contributed by atoms with Crippen molar-refractivity contribution in [2.24, 2.45) is 0 Å². The van der Waals surface area contributed by atoms with Gasteiger partial charge in [-0.25, -0.2) is 0 Å². The molecule has 0 radical (unpaired) electrons. The molecule has 2 heterocycles. The average molecular weight is 355 g/mol. The molecule has 130 valence electrons. The maximum atomic E-state index is 5.70. The van der Waals surface area contributed by atoms with Crippen molar-refractivity contribution < 1.29 is 4.90 Å². The summed E-state index contributed by atoms with van der Waals surface area (Å²) < 4.78 is 4.85. The largest absolute Gasteiger partial charge is 0.315 e. The van der Waals surface area contributed by atoms with E-state index in [4.69, 9.17) is 17.3 Å². The summed E-state index contributed by atoms with van der Waals surface area (Å²) >= 11 is 5.70. The summed E-state index contributed by atoms with van der Waals surface area (Å²) in [5.74, 6) is 0.918. The fourth-order valence-electron chi connectivity index (χ4n) is 2.94. The molecule has 0 saturated carbocycles. The molecule has 5 nitrogen and oxygen atoms in total. The van der Waals surface area contributed by atoms with Crippen LogP contribution in [0, 0.1) is 4.77 Å². The van der Waals surface area contributed by atoms with Gasteiger partial charge in [-0.15, -0.1) is 5.10 Å². The van der Waals surface area contributed by atoms with Gasteiger partial charge in [-0.2, -0.15) is 4.68 Å². The molecule has 1 unspecified atom stereocenters. The van der Waals surface area contributed by atoms with Crippen LogP contribution in [0.3, 0.4) is 0 Å². The van der Waals surface area contributed by atoms with Gasteiger partial charge >= 0.3 is 0 Å². The zero-order valence-electron chi connectivity index (χ0n) is 14.7. The number of nitrogens with zero attached hydrogens (tertiary/aromatic N) is 4. The standard InChI is InChI=1S/C19H23N5S/c1-3-13-23-18(17-9-11-20-12-10-17)21-24(19(23)25)15-22(2)14-16-7-5-4-6-8-16/h4-12H,3,13-15H2,1-2H3/p+1. The third-order valence-electron chi connectivity index (χ3n) is 4.08. The van der Waals surface area contributed by atoms with E-state index < -0.39 is 0 Å². The van der Waals surface area contributed by atoms with Crippen LogP contribution >= 0.6 is 12.2 Å². The van der Waals surface area contributed by atoms with E-state index in [0.29, 0.717) is 0 Å². The second-order valence-corrected chi connectivity index (χ2v) is 6.64. The molecule has 0 spiro atoms. The lowest BCUT2D eigenvalue weighted by Gasteiger charge is -2.13. The van der Waals surface area contributed by atoms with Gasteiger partial charge in [0.05, 0.1) is 7.05 Å². The molecule has 2 aromatic heterocycles. The monoisotopic (exact) mass is 354 g/mol. The molecule has 0 aliphatic rings. The lowest BCUT2D eigenvalue weighted by Crippen LogP contribution is -3.07. The van der Waals surface area contributed by atoms with Crippen molar-refractivity contribution in [3.8, 4) is 11.4 Å². The summed E-state index contributed by atoms with van der Waals surface area (Å²) in [5.41, 5.74) is 2.36. The molecule has 6 heteroatoms. The van der Waals surface area contributed by atoms with Crippen LogP contribution in [0.2, 0.25) is 0 Å². The summed E-state index contributed by atoms with van der Waals surface area (Å²) in [4.78, 5) is 5.43. The van der Waals surface area contributed by atoms with Crippen molar-refractivity contribution >= 4 is 12.2 Å². The van der Waals surface area contributed by atoms with E-state index in [2.05, 4.69) is 47.8 Å². The highest BCUT2D eigenvalue weighted by atomic mass is 32.1. The molecule has 1 aromatic carbocycles. The van der Waals surface area contributed by atoms with Crippen molar-refractivity contribution in [3.05, 3.63) is 65.2 Å². The highest BCUT2D eigenvalue weighted by Crippen LogP contribution is 2.17. The first-order chi connectivity index (χ1) is 12.2. The Labute approximate surface area is 153 Å². The van der Waals surface area contributed by atoms with Crippen molar-refractivity contribution in [2.45, 2.75) is 33.1 Å². The Hall–Kier alpha value is -2.31. The fourth-order valence-corrected chi connectivity index (χ4v) is 3.22. The van der Waals surface area contributed by atoms with Gasteiger partial charge in [-0.05, 0) is 30.8 Å². The van der Waals surface area contributed by atoms with Crippen LogP contribution in [0.25, 0.3) is 11.4 Å². The Morgan fingerprint density at radius 3 is 2.48 bits per heavy atom. The molecular weight excluding hydrogens is 330 g/mol. The van der Waals surface area contributed by atoms with Crippen LogP contribution in [0.4, 0.5) is 0 Å². The predicted octanol–water partition coefficient (Wildman–Crippen LogP) is 2.56. The summed E-state index contributed by atoms with van der Waals surface area (Å²) in [6.07, 6.45) is 4.60. The molecule has 3 aromatic rings. The van der Waals surface area contributed by atoms with Crippen LogP contribution in [0.5, 0.6) is 0 Å². The molecule has 0 amide bonds. The maximum Gasteiger partial charge on any atom is 0.203 e. The van der Waals surface area contributed by atoms with Gasteiger partial charge < -0.3 is 4.90 Å². The van der Waals surface area contributed by atoms with E-state index in [1.54, 1.807) is 12.4 Å². The zero-order chi connectivity index (χ0) is 17.6. The molecular formula is C19H24N5S+.